The summed E-state index contributed by atoms with van der Waals surface area (Å²) in [6.07, 6.45) is 4.93. The second-order valence-corrected chi connectivity index (χ2v) is 5.36. The van der Waals surface area contributed by atoms with Gasteiger partial charge in [0.2, 0.25) is 0 Å². The van der Waals surface area contributed by atoms with E-state index in [-0.39, 0.29) is 0 Å². The van der Waals surface area contributed by atoms with Crippen LogP contribution < -0.4 is 0 Å². The average Bonchev–Trinajstić information content (AvgIpc) is 2.98. The topological polar surface area (TPSA) is 0 Å². The number of hydrogen-bond acceptors (Lipinski definition) is 1. The van der Waals surface area contributed by atoms with Crippen molar-refractivity contribution in [1.29, 1.82) is 0 Å². The number of thioether (sulfide) groups is 1. The van der Waals surface area contributed by atoms with Gasteiger partial charge in [-0.2, -0.15) is 0 Å². The molecule has 2 rings (SSSR count). The first kappa shape index (κ1) is 10.1. The van der Waals surface area contributed by atoms with Gasteiger partial charge in [-0.1, -0.05) is 32.0 Å². The lowest BCUT2D eigenvalue weighted by molar-refractivity contribution is 0.475. The molecule has 0 amide bonds. The molecular weight excluding hydrogens is 188 g/mol. The van der Waals surface area contributed by atoms with E-state index >= 15 is 0 Å². The third-order valence-electron chi connectivity index (χ3n) is 3.54. The first-order valence-corrected chi connectivity index (χ1v) is 6.56. The maximum atomic E-state index is 2.35. The van der Waals surface area contributed by atoms with Gasteiger partial charge >= 0.3 is 0 Å². The summed E-state index contributed by atoms with van der Waals surface area (Å²) in [6, 6.07) is 8.89. The minimum atomic E-state index is 0.513. The Labute approximate surface area is 91.1 Å². The zero-order chi connectivity index (χ0) is 10.2. The van der Waals surface area contributed by atoms with Crippen LogP contribution in [0.5, 0.6) is 0 Å². The zero-order valence-electron chi connectivity index (χ0n) is 9.21. The van der Waals surface area contributed by atoms with Crippen LogP contribution in [0.3, 0.4) is 0 Å². The Balaban J connectivity index is 2.41. The molecule has 0 radical (unpaired) electrons. The molecule has 0 nitrogen and oxygen atoms in total. The lowest BCUT2D eigenvalue weighted by Gasteiger charge is -2.22. The summed E-state index contributed by atoms with van der Waals surface area (Å²) in [5.74, 6) is 0.774. The predicted molar refractivity (Wildman–Crippen MR) is 64.0 cm³/mol. The van der Waals surface area contributed by atoms with Gasteiger partial charge in [-0.25, -0.2) is 0 Å². The molecule has 1 aliphatic carbocycles. The van der Waals surface area contributed by atoms with Crippen molar-refractivity contribution in [3.63, 3.8) is 0 Å². The van der Waals surface area contributed by atoms with Gasteiger partial charge in [0.05, 0.1) is 0 Å². The molecule has 1 aromatic carbocycles. The van der Waals surface area contributed by atoms with Gasteiger partial charge in [-0.15, -0.1) is 11.8 Å². The van der Waals surface area contributed by atoms with Crippen molar-refractivity contribution in [3.05, 3.63) is 29.8 Å². The molecule has 0 aromatic heterocycles. The Kier molecular flexibility index (Phi) is 2.61. The van der Waals surface area contributed by atoms with Crippen molar-refractivity contribution in [2.75, 3.05) is 6.26 Å². The van der Waals surface area contributed by atoms with Crippen LogP contribution in [-0.4, -0.2) is 6.26 Å². The van der Waals surface area contributed by atoms with E-state index in [1.807, 2.05) is 11.8 Å². The van der Waals surface area contributed by atoms with Crippen molar-refractivity contribution in [2.45, 2.75) is 37.0 Å². The third kappa shape index (κ3) is 1.48. The highest BCUT2D eigenvalue weighted by atomic mass is 32.2. The van der Waals surface area contributed by atoms with E-state index in [0.717, 1.165) is 5.92 Å². The summed E-state index contributed by atoms with van der Waals surface area (Å²) in [5.41, 5.74) is 2.10. The number of hydrogen-bond donors (Lipinski definition) is 0. The Morgan fingerprint density at radius 1 is 1.21 bits per heavy atom. The Hall–Kier alpha value is -0.430. The molecule has 0 N–H and O–H groups in total. The fourth-order valence-electron chi connectivity index (χ4n) is 2.35. The normalized spacial score (nSPS) is 18.6. The van der Waals surface area contributed by atoms with E-state index in [0.29, 0.717) is 5.41 Å². The summed E-state index contributed by atoms with van der Waals surface area (Å²) >= 11 is 1.88. The van der Waals surface area contributed by atoms with Gasteiger partial charge in [-0.3, -0.25) is 0 Å². The molecule has 1 fully saturated rings. The van der Waals surface area contributed by atoms with Gasteiger partial charge in [0, 0.05) is 4.90 Å². The molecule has 1 aromatic rings. The molecule has 0 bridgehead atoms. The van der Waals surface area contributed by atoms with Crippen molar-refractivity contribution >= 4 is 11.8 Å². The molecule has 1 heteroatoms. The van der Waals surface area contributed by atoms with Crippen LogP contribution in [0.2, 0.25) is 0 Å². The fraction of sp³-hybridized carbons (Fsp3) is 0.538. The van der Waals surface area contributed by atoms with Gasteiger partial charge in [0.25, 0.3) is 0 Å². The van der Waals surface area contributed by atoms with E-state index in [9.17, 15) is 0 Å². The SMILES string of the molecule is CSc1ccccc1C1(C(C)C)CC1. The summed E-state index contributed by atoms with van der Waals surface area (Å²) in [6.45, 7) is 4.70. The lowest BCUT2D eigenvalue weighted by atomic mass is 9.85. The average molecular weight is 206 g/mol. The maximum Gasteiger partial charge on any atom is 0.0107 e. The first-order chi connectivity index (χ1) is 6.70. The standard InChI is InChI=1S/C13H18S/c1-10(2)13(8-9-13)11-6-4-5-7-12(11)14-3/h4-7,10H,8-9H2,1-3H3. The quantitative estimate of drug-likeness (QED) is 0.671. The smallest absolute Gasteiger partial charge is 0.0107 e. The van der Waals surface area contributed by atoms with Gasteiger partial charge in [0.1, 0.15) is 0 Å². The molecule has 76 valence electrons. The molecule has 0 saturated heterocycles. The van der Waals surface area contributed by atoms with Crippen molar-refractivity contribution in [3.8, 4) is 0 Å². The second kappa shape index (κ2) is 3.62. The van der Waals surface area contributed by atoms with E-state index in [2.05, 4.69) is 44.4 Å². The van der Waals surface area contributed by atoms with Crippen molar-refractivity contribution < 1.29 is 0 Å². The van der Waals surface area contributed by atoms with Crippen LogP contribution in [0.1, 0.15) is 32.3 Å². The monoisotopic (exact) mass is 206 g/mol. The summed E-state index contributed by atoms with van der Waals surface area (Å²) < 4.78 is 0. The highest BCUT2D eigenvalue weighted by molar-refractivity contribution is 7.98. The van der Waals surface area contributed by atoms with E-state index < -0.39 is 0 Å². The van der Waals surface area contributed by atoms with Gasteiger partial charge in [-0.05, 0) is 42.1 Å². The molecule has 0 atom stereocenters. The van der Waals surface area contributed by atoms with Crippen LogP contribution in [0, 0.1) is 5.92 Å². The van der Waals surface area contributed by atoms with Crippen LogP contribution >= 0.6 is 11.8 Å². The summed E-state index contributed by atoms with van der Waals surface area (Å²) in [7, 11) is 0. The Morgan fingerprint density at radius 3 is 2.36 bits per heavy atom. The molecule has 1 saturated carbocycles. The molecule has 1 aliphatic rings. The molecule has 0 unspecified atom stereocenters. The maximum absolute atomic E-state index is 2.35. The molecular formula is C13H18S. The zero-order valence-corrected chi connectivity index (χ0v) is 10.0. The van der Waals surface area contributed by atoms with Crippen LogP contribution in [0.25, 0.3) is 0 Å². The van der Waals surface area contributed by atoms with Gasteiger partial charge < -0.3 is 0 Å². The lowest BCUT2D eigenvalue weighted by Crippen LogP contribution is -2.15. The Morgan fingerprint density at radius 2 is 1.86 bits per heavy atom. The van der Waals surface area contributed by atoms with Crippen molar-refractivity contribution in [1.82, 2.24) is 0 Å². The molecule has 0 heterocycles. The van der Waals surface area contributed by atoms with Crippen molar-refractivity contribution in [2.24, 2.45) is 5.92 Å². The predicted octanol–water partition coefficient (Wildman–Crippen LogP) is 4.10. The minimum absolute atomic E-state index is 0.513. The molecule has 0 aliphatic heterocycles. The van der Waals surface area contributed by atoms with E-state index in [1.54, 1.807) is 5.56 Å². The van der Waals surface area contributed by atoms with Crippen LogP contribution in [0.15, 0.2) is 29.2 Å². The first-order valence-electron chi connectivity index (χ1n) is 5.34. The molecule has 14 heavy (non-hydrogen) atoms. The van der Waals surface area contributed by atoms with Crippen LogP contribution in [-0.2, 0) is 5.41 Å². The van der Waals surface area contributed by atoms with Gasteiger partial charge in [0.15, 0.2) is 0 Å². The minimum Gasteiger partial charge on any atom is -0.129 e. The fourth-order valence-corrected chi connectivity index (χ4v) is 3.05. The van der Waals surface area contributed by atoms with E-state index in [4.69, 9.17) is 0 Å². The Bertz CT molecular complexity index is 324. The van der Waals surface area contributed by atoms with E-state index in [1.165, 1.54) is 17.7 Å². The highest BCUT2D eigenvalue weighted by Crippen LogP contribution is 2.55. The highest BCUT2D eigenvalue weighted by Gasteiger charge is 2.47. The second-order valence-electron chi connectivity index (χ2n) is 4.51. The molecule has 0 spiro atoms. The third-order valence-corrected chi connectivity index (χ3v) is 4.33. The van der Waals surface area contributed by atoms with Crippen LogP contribution in [0.4, 0.5) is 0 Å². The number of rotatable bonds is 3. The largest absolute Gasteiger partial charge is 0.129 e. The summed E-state index contributed by atoms with van der Waals surface area (Å²) in [5, 5.41) is 0. The summed E-state index contributed by atoms with van der Waals surface area (Å²) in [4.78, 5) is 1.47. The number of benzene rings is 1.